The zero-order chi connectivity index (χ0) is 11.1. The molecule has 0 aliphatic heterocycles. The number of esters is 2. The third kappa shape index (κ3) is 1.43. The number of carbonyl (C=O) groups is 2. The van der Waals surface area contributed by atoms with Crippen LogP contribution in [-0.2, 0) is 19.1 Å². The smallest absolute Gasteiger partial charge is 0.312 e. The highest BCUT2D eigenvalue weighted by Crippen LogP contribution is 2.64. The van der Waals surface area contributed by atoms with Crippen molar-refractivity contribution >= 4 is 11.9 Å². The Morgan fingerprint density at radius 3 is 2.60 bits per heavy atom. The fourth-order valence-corrected chi connectivity index (χ4v) is 2.96. The number of methoxy groups -OCH3 is 2. The van der Waals surface area contributed by atoms with Crippen molar-refractivity contribution in [2.75, 3.05) is 14.2 Å². The average molecular weight is 212 g/mol. The van der Waals surface area contributed by atoms with Crippen molar-refractivity contribution in [3.05, 3.63) is 0 Å². The van der Waals surface area contributed by atoms with E-state index in [1.807, 2.05) is 0 Å². The molecule has 15 heavy (non-hydrogen) atoms. The fourth-order valence-electron chi connectivity index (χ4n) is 2.96. The molecule has 0 bridgehead atoms. The highest BCUT2D eigenvalue weighted by Gasteiger charge is 2.66. The topological polar surface area (TPSA) is 52.6 Å². The number of fused-ring (bicyclic) bond motifs is 1. The molecule has 0 aromatic heterocycles. The second kappa shape index (κ2) is 3.51. The van der Waals surface area contributed by atoms with Gasteiger partial charge < -0.3 is 9.47 Å². The first-order chi connectivity index (χ1) is 7.15. The minimum absolute atomic E-state index is 0.0946. The summed E-state index contributed by atoms with van der Waals surface area (Å²) in [6.07, 6.45) is 3.40. The van der Waals surface area contributed by atoms with Crippen LogP contribution in [0.2, 0.25) is 0 Å². The van der Waals surface area contributed by atoms with Crippen LogP contribution in [0.25, 0.3) is 0 Å². The molecule has 0 amide bonds. The van der Waals surface area contributed by atoms with Crippen LogP contribution in [0.5, 0.6) is 0 Å². The summed E-state index contributed by atoms with van der Waals surface area (Å²) < 4.78 is 9.56. The van der Waals surface area contributed by atoms with Gasteiger partial charge in [-0.25, -0.2) is 0 Å². The van der Waals surface area contributed by atoms with Crippen LogP contribution < -0.4 is 0 Å². The van der Waals surface area contributed by atoms with Gasteiger partial charge in [0.25, 0.3) is 0 Å². The van der Waals surface area contributed by atoms with Gasteiger partial charge in [-0.05, 0) is 25.2 Å². The van der Waals surface area contributed by atoms with E-state index in [4.69, 9.17) is 9.47 Å². The Morgan fingerprint density at radius 2 is 2.00 bits per heavy atom. The molecule has 0 heterocycles. The third-order valence-corrected chi connectivity index (χ3v) is 3.85. The van der Waals surface area contributed by atoms with Crippen LogP contribution in [0.15, 0.2) is 0 Å². The van der Waals surface area contributed by atoms with E-state index in [1.54, 1.807) is 0 Å². The third-order valence-electron chi connectivity index (χ3n) is 3.85. The van der Waals surface area contributed by atoms with Crippen LogP contribution in [0, 0.1) is 17.3 Å². The molecule has 4 heteroatoms. The Morgan fingerprint density at radius 1 is 1.27 bits per heavy atom. The van der Waals surface area contributed by atoms with E-state index in [0.29, 0.717) is 0 Å². The second-order valence-corrected chi connectivity index (χ2v) is 4.48. The lowest BCUT2D eigenvalue weighted by Crippen LogP contribution is -2.30. The molecule has 4 nitrogen and oxygen atoms in total. The monoisotopic (exact) mass is 212 g/mol. The molecule has 2 aliphatic rings. The summed E-state index contributed by atoms with van der Waals surface area (Å²) in [5.74, 6) is -0.263. The van der Waals surface area contributed by atoms with Gasteiger partial charge in [0.1, 0.15) is 0 Å². The maximum absolute atomic E-state index is 11.6. The molecule has 0 saturated heterocycles. The molecule has 3 unspecified atom stereocenters. The molecule has 2 fully saturated rings. The van der Waals surface area contributed by atoms with E-state index in [9.17, 15) is 9.59 Å². The first kappa shape index (κ1) is 10.5. The first-order valence-corrected chi connectivity index (χ1v) is 5.32. The average Bonchev–Trinajstić information content (AvgIpc) is 3.02. The van der Waals surface area contributed by atoms with E-state index < -0.39 is 0 Å². The number of hydrogen-bond donors (Lipinski definition) is 0. The van der Waals surface area contributed by atoms with Crippen molar-refractivity contribution in [2.45, 2.75) is 25.7 Å². The maximum atomic E-state index is 11.6. The predicted molar refractivity (Wildman–Crippen MR) is 51.9 cm³/mol. The molecule has 0 N–H and O–H groups in total. The number of ether oxygens (including phenoxy) is 2. The van der Waals surface area contributed by atoms with E-state index in [0.717, 1.165) is 25.7 Å². The Kier molecular flexibility index (Phi) is 2.44. The van der Waals surface area contributed by atoms with E-state index in [-0.39, 0.29) is 29.2 Å². The van der Waals surface area contributed by atoms with Crippen LogP contribution in [-0.4, -0.2) is 26.2 Å². The molecule has 0 aromatic carbocycles. The normalized spacial score (nSPS) is 37.7. The minimum atomic E-state index is -0.355. The van der Waals surface area contributed by atoms with Gasteiger partial charge in [-0.3, -0.25) is 9.59 Å². The molecule has 0 radical (unpaired) electrons. The number of carbonyl (C=O) groups excluding carboxylic acids is 2. The molecule has 0 aromatic rings. The van der Waals surface area contributed by atoms with Crippen LogP contribution in [0.4, 0.5) is 0 Å². The Balaban J connectivity index is 2.10. The van der Waals surface area contributed by atoms with E-state index in [1.165, 1.54) is 14.2 Å². The standard InChI is InChI=1S/C11H16O4/c1-14-9(12)7-4-3-5-11(6-8(7)11)10(13)15-2/h7-8H,3-6H2,1-2H3. The van der Waals surface area contributed by atoms with Gasteiger partial charge in [-0.1, -0.05) is 6.42 Å². The summed E-state index contributed by atoms with van der Waals surface area (Å²) in [5.41, 5.74) is -0.355. The van der Waals surface area contributed by atoms with Gasteiger partial charge in [0.05, 0.1) is 25.6 Å². The van der Waals surface area contributed by atoms with E-state index >= 15 is 0 Å². The number of rotatable bonds is 2. The van der Waals surface area contributed by atoms with Gasteiger partial charge in [-0.2, -0.15) is 0 Å². The van der Waals surface area contributed by atoms with E-state index in [2.05, 4.69) is 0 Å². The summed E-state index contributed by atoms with van der Waals surface area (Å²) in [6.45, 7) is 0. The van der Waals surface area contributed by atoms with Crippen molar-refractivity contribution in [1.29, 1.82) is 0 Å². The quantitative estimate of drug-likeness (QED) is 0.644. The lowest BCUT2D eigenvalue weighted by molar-refractivity contribution is -0.152. The molecule has 2 rings (SSSR count). The molecule has 2 saturated carbocycles. The molecule has 0 spiro atoms. The molecule has 2 aliphatic carbocycles. The Labute approximate surface area is 88.9 Å². The highest BCUT2D eigenvalue weighted by atomic mass is 16.5. The summed E-state index contributed by atoms with van der Waals surface area (Å²) in [5, 5.41) is 0. The highest BCUT2D eigenvalue weighted by molar-refractivity contribution is 5.84. The lowest BCUT2D eigenvalue weighted by Gasteiger charge is -2.24. The second-order valence-electron chi connectivity index (χ2n) is 4.48. The Hall–Kier alpha value is -1.06. The maximum Gasteiger partial charge on any atom is 0.312 e. The van der Waals surface area contributed by atoms with Crippen molar-refractivity contribution in [1.82, 2.24) is 0 Å². The van der Waals surface area contributed by atoms with Gasteiger partial charge in [0.2, 0.25) is 0 Å². The minimum Gasteiger partial charge on any atom is -0.469 e. The lowest BCUT2D eigenvalue weighted by atomic mass is 9.81. The van der Waals surface area contributed by atoms with Crippen LogP contribution >= 0.6 is 0 Å². The zero-order valence-electron chi connectivity index (χ0n) is 9.12. The van der Waals surface area contributed by atoms with Gasteiger partial charge in [0.15, 0.2) is 0 Å². The van der Waals surface area contributed by atoms with Crippen molar-refractivity contribution in [3.63, 3.8) is 0 Å². The summed E-state index contributed by atoms with van der Waals surface area (Å²) in [7, 11) is 2.81. The largest absolute Gasteiger partial charge is 0.469 e. The molecule has 84 valence electrons. The SMILES string of the molecule is COC(=O)C1CCCC2(C(=O)OC)CC12. The summed E-state index contributed by atoms with van der Waals surface area (Å²) in [4.78, 5) is 23.1. The Bertz CT molecular complexity index is 299. The molecular weight excluding hydrogens is 196 g/mol. The first-order valence-electron chi connectivity index (χ1n) is 5.32. The fraction of sp³-hybridized carbons (Fsp3) is 0.818. The van der Waals surface area contributed by atoms with Gasteiger partial charge in [0, 0.05) is 0 Å². The number of hydrogen-bond acceptors (Lipinski definition) is 4. The van der Waals surface area contributed by atoms with Crippen molar-refractivity contribution in [2.24, 2.45) is 17.3 Å². The molecule has 3 atom stereocenters. The van der Waals surface area contributed by atoms with Gasteiger partial charge >= 0.3 is 11.9 Å². The predicted octanol–water partition coefficient (Wildman–Crippen LogP) is 1.14. The van der Waals surface area contributed by atoms with Crippen molar-refractivity contribution < 1.29 is 19.1 Å². The van der Waals surface area contributed by atoms with Gasteiger partial charge in [-0.15, -0.1) is 0 Å². The summed E-state index contributed by atoms with van der Waals surface area (Å²) >= 11 is 0. The van der Waals surface area contributed by atoms with Crippen LogP contribution in [0.1, 0.15) is 25.7 Å². The van der Waals surface area contributed by atoms with Crippen LogP contribution in [0.3, 0.4) is 0 Å². The summed E-state index contributed by atoms with van der Waals surface area (Å²) in [6, 6.07) is 0. The molecular formula is C11H16O4. The zero-order valence-corrected chi connectivity index (χ0v) is 9.12. The van der Waals surface area contributed by atoms with Crippen molar-refractivity contribution in [3.8, 4) is 0 Å².